The van der Waals surface area contributed by atoms with Crippen LogP contribution in [0.15, 0.2) is 0 Å². The van der Waals surface area contributed by atoms with Gasteiger partial charge in [-0.1, -0.05) is 6.42 Å². The zero-order valence-electron chi connectivity index (χ0n) is 10.0. The zero-order chi connectivity index (χ0) is 11.8. The molecule has 94 valence electrons. The largest absolute Gasteiger partial charge is 0.392 e. The summed E-state index contributed by atoms with van der Waals surface area (Å²) in [4.78, 5) is 13.6. The lowest BCUT2D eigenvalue weighted by molar-refractivity contribution is 0.186. The third kappa shape index (κ3) is 5.92. The normalized spacial score (nSPS) is 19.1. The quantitative estimate of drug-likeness (QED) is 0.629. The average Bonchev–Trinajstić information content (AvgIpc) is 2.28. The van der Waals surface area contributed by atoms with Crippen LogP contribution >= 0.6 is 0 Å². The summed E-state index contributed by atoms with van der Waals surface area (Å²) in [6, 6.07) is -0.196. The Balaban J connectivity index is 1.99. The minimum absolute atomic E-state index is 0.196. The Morgan fingerprint density at radius 3 is 2.62 bits per heavy atom. The Kier molecular flexibility index (Phi) is 6.18. The van der Waals surface area contributed by atoms with Crippen LogP contribution in [0.2, 0.25) is 0 Å². The first-order valence-electron chi connectivity index (χ1n) is 6.10. The monoisotopic (exact) mass is 229 g/mol. The summed E-state index contributed by atoms with van der Waals surface area (Å²) in [5.74, 6) is 0. The van der Waals surface area contributed by atoms with Gasteiger partial charge in [0.25, 0.3) is 0 Å². The van der Waals surface area contributed by atoms with Gasteiger partial charge in [-0.25, -0.2) is 4.79 Å². The van der Waals surface area contributed by atoms with E-state index in [1.54, 1.807) is 6.92 Å². The SMILES string of the molecule is CC(O)CNC(=O)NCCN1CCCCC1. The molecule has 0 radical (unpaired) electrons. The average molecular weight is 229 g/mol. The number of nitrogens with zero attached hydrogens (tertiary/aromatic N) is 1. The molecule has 0 aromatic carbocycles. The zero-order valence-corrected chi connectivity index (χ0v) is 10.0. The van der Waals surface area contributed by atoms with E-state index < -0.39 is 6.10 Å². The second-order valence-electron chi connectivity index (χ2n) is 4.39. The van der Waals surface area contributed by atoms with E-state index in [9.17, 15) is 4.79 Å². The molecule has 0 aromatic heterocycles. The van der Waals surface area contributed by atoms with Crippen molar-refractivity contribution in [1.82, 2.24) is 15.5 Å². The summed E-state index contributed by atoms with van der Waals surface area (Å²) >= 11 is 0. The molecule has 0 aliphatic carbocycles. The Morgan fingerprint density at radius 1 is 1.31 bits per heavy atom. The van der Waals surface area contributed by atoms with Gasteiger partial charge in [0.2, 0.25) is 0 Å². The molecule has 1 fully saturated rings. The summed E-state index contributed by atoms with van der Waals surface area (Å²) < 4.78 is 0. The van der Waals surface area contributed by atoms with Crippen LogP contribution < -0.4 is 10.6 Å². The molecule has 3 N–H and O–H groups in total. The summed E-state index contributed by atoms with van der Waals surface area (Å²) in [6.07, 6.45) is 3.38. The van der Waals surface area contributed by atoms with Crippen molar-refractivity contribution in [2.75, 3.05) is 32.7 Å². The maximum Gasteiger partial charge on any atom is 0.314 e. The van der Waals surface area contributed by atoms with Crippen molar-refractivity contribution >= 4 is 6.03 Å². The number of piperidine rings is 1. The van der Waals surface area contributed by atoms with E-state index in [1.165, 1.54) is 19.3 Å². The van der Waals surface area contributed by atoms with Crippen molar-refractivity contribution in [3.05, 3.63) is 0 Å². The molecule has 1 heterocycles. The number of carbonyl (C=O) groups excluding carboxylic acids is 1. The first-order valence-corrected chi connectivity index (χ1v) is 6.10. The summed E-state index contributed by atoms with van der Waals surface area (Å²) in [7, 11) is 0. The van der Waals surface area contributed by atoms with Gasteiger partial charge in [-0.2, -0.15) is 0 Å². The Hall–Kier alpha value is -0.810. The molecular formula is C11H23N3O2. The number of amides is 2. The fourth-order valence-electron chi connectivity index (χ4n) is 1.81. The van der Waals surface area contributed by atoms with Crippen molar-refractivity contribution in [3.8, 4) is 0 Å². The van der Waals surface area contributed by atoms with Crippen molar-refractivity contribution in [2.45, 2.75) is 32.3 Å². The summed E-state index contributed by atoms with van der Waals surface area (Å²) in [5, 5.41) is 14.4. The number of aliphatic hydroxyl groups is 1. The third-order valence-corrected chi connectivity index (χ3v) is 2.72. The van der Waals surface area contributed by atoms with Gasteiger partial charge in [-0.05, 0) is 32.9 Å². The van der Waals surface area contributed by atoms with E-state index in [4.69, 9.17) is 5.11 Å². The van der Waals surface area contributed by atoms with E-state index in [1.807, 2.05) is 0 Å². The second-order valence-corrected chi connectivity index (χ2v) is 4.39. The number of aliphatic hydroxyl groups excluding tert-OH is 1. The minimum atomic E-state index is -0.493. The molecule has 0 spiro atoms. The van der Waals surface area contributed by atoms with Gasteiger partial charge < -0.3 is 20.6 Å². The highest BCUT2D eigenvalue weighted by atomic mass is 16.3. The maximum absolute atomic E-state index is 11.2. The number of hydrogen-bond donors (Lipinski definition) is 3. The lowest BCUT2D eigenvalue weighted by atomic mass is 10.1. The van der Waals surface area contributed by atoms with Crippen molar-refractivity contribution < 1.29 is 9.90 Å². The first kappa shape index (κ1) is 13.3. The lowest BCUT2D eigenvalue weighted by Crippen LogP contribution is -2.43. The Morgan fingerprint density at radius 2 is 2.00 bits per heavy atom. The molecule has 1 atom stereocenters. The molecule has 1 unspecified atom stereocenters. The molecule has 1 saturated heterocycles. The van der Waals surface area contributed by atoms with Crippen LogP contribution in [0.4, 0.5) is 4.79 Å². The molecule has 0 aromatic rings. The number of carbonyl (C=O) groups is 1. The highest BCUT2D eigenvalue weighted by molar-refractivity contribution is 5.73. The minimum Gasteiger partial charge on any atom is -0.392 e. The number of rotatable bonds is 5. The van der Waals surface area contributed by atoms with E-state index in [2.05, 4.69) is 15.5 Å². The van der Waals surface area contributed by atoms with Gasteiger partial charge in [0.1, 0.15) is 0 Å². The molecule has 0 bridgehead atoms. The molecule has 1 aliphatic heterocycles. The number of urea groups is 1. The molecule has 1 rings (SSSR count). The van der Waals surface area contributed by atoms with Crippen LogP contribution in [0, 0.1) is 0 Å². The van der Waals surface area contributed by atoms with Crippen molar-refractivity contribution in [1.29, 1.82) is 0 Å². The van der Waals surface area contributed by atoms with Crippen LogP contribution in [0.3, 0.4) is 0 Å². The molecule has 16 heavy (non-hydrogen) atoms. The Bertz CT molecular complexity index is 203. The highest BCUT2D eigenvalue weighted by Crippen LogP contribution is 2.07. The molecule has 5 heteroatoms. The van der Waals surface area contributed by atoms with Gasteiger partial charge in [-0.15, -0.1) is 0 Å². The van der Waals surface area contributed by atoms with Crippen LogP contribution in [0.5, 0.6) is 0 Å². The van der Waals surface area contributed by atoms with E-state index in [-0.39, 0.29) is 6.03 Å². The fraction of sp³-hybridized carbons (Fsp3) is 0.909. The van der Waals surface area contributed by atoms with Crippen molar-refractivity contribution in [2.24, 2.45) is 0 Å². The fourth-order valence-corrected chi connectivity index (χ4v) is 1.81. The van der Waals surface area contributed by atoms with Gasteiger partial charge in [0, 0.05) is 19.6 Å². The lowest BCUT2D eigenvalue weighted by Gasteiger charge is -2.26. The predicted octanol–water partition coefficient (Wildman–Crippen LogP) is 0.152. The third-order valence-electron chi connectivity index (χ3n) is 2.72. The molecule has 5 nitrogen and oxygen atoms in total. The van der Waals surface area contributed by atoms with Crippen LogP contribution in [-0.4, -0.2) is 54.9 Å². The van der Waals surface area contributed by atoms with Crippen LogP contribution in [0.1, 0.15) is 26.2 Å². The van der Waals surface area contributed by atoms with Gasteiger partial charge >= 0.3 is 6.03 Å². The Labute approximate surface area is 97.2 Å². The highest BCUT2D eigenvalue weighted by Gasteiger charge is 2.09. The summed E-state index contributed by atoms with van der Waals surface area (Å²) in [6.45, 7) is 5.84. The van der Waals surface area contributed by atoms with Gasteiger partial charge in [0.05, 0.1) is 6.10 Å². The molecular weight excluding hydrogens is 206 g/mol. The smallest absolute Gasteiger partial charge is 0.314 e. The number of likely N-dealkylation sites (tertiary alicyclic amines) is 1. The summed E-state index contributed by atoms with van der Waals surface area (Å²) in [5.41, 5.74) is 0. The molecule has 2 amide bonds. The van der Waals surface area contributed by atoms with E-state index in [0.29, 0.717) is 13.1 Å². The standard InChI is InChI=1S/C11H23N3O2/c1-10(15)9-13-11(16)12-5-8-14-6-3-2-4-7-14/h10,15H,2-9H2,1H3,(H2,12,13,16). The van der Waals surface area contributed by atoms with E-state index in [0.717, 1.165) is 19.6 Å². The van der Waals surface area contributed by atoms with Crippen LogP contribution in [-0.2, 0) is 0 Å². The van der Waals surface area contributed by atoms with Gasteiger partial charge in [-0.3, -0.25) is 0 Å². The van der Waals surface area contributed by atoms with Gasteiger partial charge in [0.15, 0.2) is 0 Å². The number of nitrogens with one attached hydrogen (secondary N) is 2. The van der Waals surface area contributed by atoms with E-state index >= 15 is 0 Å². The predicted molar refractivity (Wildman–Crippen MR) is 63.4 cm³/mol. The second kappa shape index (κ2) is 7.46. The maximum atomic E-state index is 11.2. The first-order chi connectivity index (χ1) is 7.68. The molecule has 1 aliphatic rings. The topological polar surface area (TPSA) is 64.6 Å². The van der Waals surface area contributed by atoms with Crippen LogP contribution in [0.25, 0.3) is 0 Å². The van der Waals surface area contributed by atoms with Crippen molar-refractivity contribution in [3.63, 3.8) is 0 Å². The molecule has 0 saturated carbocycles. The number of hydrogen-bond acceptors (Lipinski definition) is 3.